The highest BCUT2D eigenvalue weighted by atomic mass is 32.1. The molecule has 10 heteroatoms. The third-order valence-electron chi connectivity index (χ3n) is 7.34. The van der Waals surface area contributed by atoms with Crippen LogP contribution in [-0.2, 0) is 0 Å². The first kappa shape index (κ1) is 23.4. The molecule has 2 N–H and O–H groups in total. The molecule has 9 nitrogen and oxygen atoms in total. The lowest BCUT2D eigenvalue weighted by Crippen LogP contribution is -2.31. The number of hydrogen-bond acceptors (Lipinski definition) is 9. The number of pyridine rings is 2. The van der Waals surface area contributed by atoms with Gasteiger partial charge in [0.25, 0.3) is 5.91 Å². The first-order chi connectivity index (χ1) is 17.6. The summed E-state index contributed by atoms with van der Waals surface area (Å²) in [6, 6.07) is 7.51. The Hall–Kier alpha value is -2.98. The quantitative estimate of drug-likeness (QED) is 0.537. The second-order valence-corrected chi connectivity index (χ2v) is 11.0. The average molecular weight is 508 g/mol. The number of piperidine rings is 2. The van der Waals surface area contributed by atoms with E-state index >= 15 is 0 Å². The maximum atomic E-state index is 13.4. The summed E-state index contributed by atoms with van der Waals surface area (Å²) in [4.78, 5) is 34.5. The van der Waals surface area contributed by atoms with E-state index in [1.807, 2.05) is 23.1 Å². The van der Waals surface area contributed by atoms with Crippen molar-refractivity contribution in [3.8, 4) is 0 Å². The van der Waals surface area contributed by atoms with Gasteiger partial charge in [0.2, 0.25) is 0 Å². The number of fused-ring (bicyclic) bond motifs is 1. The Balaban J connectivity index is 1.30. The van der Waals surface area contributed by atoms with Crippen molar-refractivity contribution in [1.82, 2.24) is 15.0 Å². The minimum atomic E-state index is -0.344. The number of aliphatic hydroxyl groups excluding tert-OH is 1. The summed E-state index contributed by atoms with van der Waals surface area (Å²) >= 11 is 1.65. The Morgan fingerprint density at radius 2 is 1.67 bits per heavy atom. The number of β-amino-alcohol motifs (C(OH)–C–C–N with tert-alkyl or cyclic N) is 1. The summed E-state index contributed by atoms with van der Waals surface area (Å²) in [7, 11) is 0. The molecule has 0 saturated carbocycles. The standard InChI is InChI=1S/C26H33N7O2S/c34-18-10-15-33(17-18)22-9-7-8-19(27-22)25(35)28-20-16-21-23(29-24(20)31-11-3-1-4-12-31)30-26(36-21)32-13-5-2-6-14-32/h7-9,16,18,34H,1-6,10-15,17H2,(H,28,35). The predicted octanol–water partition coefficient (Wildman–Crippen LogP) is 3.89. The first-order valence-corrected chi connectivity index (χ1v) is 14.0. The third-order valence-corrected chi connectivity index (χ3v) is 8.39. The van der Waals surface area contributed by atoms with Gasteiger partial charge >= 0.3 is 0 Å². The molecule has 0 spiro atoms. The first-order valence-electron chi connectivity index (χ1n) is 13.2. The van der Waals surface area contributed by atoms with Gasteiger partial charge in [-0.3, -0.25) is 4.79 Å². The van der Waals surface area contributed by atoms with E-state index in [9.17, 15) is 9.90 Å². The molecule has 6 heterocycles. The molecule has 3 aliphatic rings. The van der Waals surface area contributed by atoms with E-state index in [0.717, 1.165) is 79.1 Å². The van der Waals surface area contributed by atoms with Crippen molar-refractivity contribution in [1.29, 1.82) is 0 Å². The zero-order valence-corrected chi connectivity index (χ0v) is 21.3. The average Bonchev–Trinajstić information content (AvgIpc) is 3.55. The molecule has 3 fully saturated rings. The lowest BCUT2D eigenvalue weighted by molar-refractivity contribution is 0.102. The number of nitrogens with one attached hydrogen (secondary N) is 1. The van der Waals surface area contributed by atoms with Gasteiger partial charge in [-0.1, -0.05) is 17.4 Å². The van der Waals surface area contributed by atoms with Crippen LogP contribution in [0.4, 0.5) is 22.5 Å². The van der Waals surface area contributed by atoms with Crippen LogP contribution in [0.5, 0.6) is 0 Å². The van der Waals surface area contributed by atoms with Gasteiger partial charge in [0.05, 0.1) is 16.5 Å². The molecule has 0 radical (unpaired) electrons. The van der Waals surface area contributed by atoms with Crippen LogP contribution >= 0.6 is 11.3 Å². The molecule has 0 bridgehead atoms. The molecule has 3 saturated heterocycles. The van der Waals surface area contributed by atoms with Gasteiger partial charge in [0, 0.05) is 39.3 Å². The van der Waals surface area contributed by atoms with E-state index in [2.05, 4.69) is 20.1 Å². The summed E-state index contributed by atoms with van der Waals surface area (Å²) in [6.07, 6.45) is 7.52. The third kappa shape index (κ3) is 4.84. The maximum Gasteiger partial charge on any atom is 0.274 e. The molecule has 3 aliphatic heterocycles. The summed E-state index contributed by atoms with van der Waals surface area (Å²) < 4.78 is 0.986. The lowest BCUT2D eigenvalue weighted by atomic mass is 10.1. The molecule has 1 atom stereocenters. The number of aliphatic hydroxyl groups is 1. The van der Waals surface area contributed by atoms with Crippen LogP contribution in [-0.4, -0.2) is 71.3 Å². The Kier molecular flexibility index (Phi) is 6.62. The maximum absolute atomic E-state index is 13.4. The van der Waals surface area contributed by atoms with Crippen molar-refractivity contribution in [2.24, 2.45) is 0 Å². The SMILES string of the molecule is O=C(Nc1cc2sc(N3CCCCC3)nc2nc1N1CCCCC1)c1cccc(N2CCC(O)C2)n1. The second kappa shape index (κ2) is 10.2. The molecule has 0 aromatic carbocycles. The van der Waals surface area contributed by atoms with Crippen LogP contribution in [0.3, 0.4) is 0 Å². The van der Waals surface area contributed by atoms with Crippen molar-refractivity contribution < 1.29 is 9.90 Å². The number of carbonyl (C=O) groups is 1. The number of hydrogen-bond donors (Lipinski definition) is 2. The topological polar surface area (TPSA) is 97.7 Å². The molecule has 0 aliphatic carbocycles. The number of anilines is 4. The molecule has 6 rings (SSSR count). The summed E-state index contributed by atoms with van der Waals surface area (Å²) in [5.41, 5.74) is 1.83. The van der Waals surface area contributed by atoms with Crippen molar-refractivity contribution in [2.45, 2.75) is 51.0 Å². The van der Waals surface area contributed by atoms with Crippen LogP contribution in [0.25, 0.3) is 10.3 Å². The highest BCUT2D eigenvalue weighted by Crippen LogP contribution is 2.36. The van der Waals surface area contributed by atoms with E-state index in [1.54, 1.807) is 17.4 Å². The number of nitrogens with zero attached hydrogens (tertiary/aromatic N) is 6. The Bertz CT molecular complexity index is 1240. The molecule has 1 unspecified atom stereocenters. The van der Waals surface area contributed by atoms with Crippen LogP contribution in [0.15, 0.2) is 24.3 Å². The zero-order chi connectivity index (χ0) is 24.5. The summed E-state index contributed by atoms with van der Waals surface area (Å²) in [5, 5.41) is 14.0. The van der Waals surface area contributed by atoms with Crippen molar-refractivity contribution in [3.63, 3.8) is 0 Å². The molecule has 190 valence electrons. The normalized spacial score (nSPS) is 20.8. The molecular formula is C26H33N7O2S. The van der Waals surface area contributed by atoms with Gasteiger partial charge < -0.3 is 25.1 Å². The fourth-order valence-electron chi connectivity index (χ4n) is 5.36. The van der Waals surface area contributed by atoms with Gasteiger partial charge in [-0.05, 0) is 63.1 Å². The molecule has 3 aromatic heterocycles. The fraction of sp³-hybridized carbons (Fsp3) is 0.538. The molecule has 1 amide bonds. The van der Waals surface area contributed by atoms with E-state index in [1.165, 1.54) is 25.7 Å². The second-order valence-electron chi connectivity index (χ2n) is 10.00. The molecule has 3 aromatic rings. The number of amides is 1. The van der Waals surface area contributed by atoms with Gasteiger partial charge in [-0.15, -0.1) is 0 Å². The van der Waals surface area contributed by atoms with Crippen LogP contribution in [0, 0.1) is 0 Å². The van der Waals surface area contributed by atoms with Crippen LogP contribution in [0.1, 0.15) is 55.4 Å². The highest BCUT2D eigenvalue weighted by molar-refractivity contribution is 7.22. The monoisotopic (exact) mass is 507 g/mol. The Morgan fingerprint density at radius 1 is 0.917 bits per heavy atom. The van der Waals surface area contributed by atoms with Gasteiger partial charge in [0.1, 0.15) is 11.5 Å². The molecule has 36 heavy (non-hydrogen) atoms. The smallest absolute Gasteiger partial charge is 0.274 e. The number of rotatable bonds is 5. The zero-order valence-electron chi connectivity index (χ0n) is 20.5. The Labute approximate surface area is 215 Å². The van der Waals surface area contributed by atoms with E-state index in [-0.39, 0.29) is 12.0 Å². The minimum Gasteiger partial charge on any atom is -0.391 e. The highest BCUT2D eigenvalue weighted by Gasteiger charge is 2.24. The predicted molar refractivity (Wildman–Crippen MR) is 145 cm³/mol. The summed E-state index contributed by atoms with van der Waals surface area (Å²) in [5.74, 6) is 1.26. The Morgan fingerprint density at radius 3 is 2.39 bits per heavy atom. The summed E-state index contributed by atoms with van der Waals surface area (Å²) in [6.45, 7) is 5.22. The van der Waals surface area contributed by atoms with Crippen molar-refractivity contribution >= 4 is 50.0 Å². The fourth-order valence-corrected chi connectivity index (χ4v) is 6.36. The van der Waals surface area contributed by atoms with E-state index < -0.39 is 0 Å². The number of carbonyl (C=O) groups excluding carboxylic acids is 1. The van der Waals surface area contributed by atoms with Crippen molar-refractivity contribution in [2.75, 3.05) is 59.3 Å². The largest absolute Gasteiger partial charge is 0.391 e. The van der Waals surface area contributed by atoms with Gasteiger partial charge in [-0.25, -0.2) is 9.97 Å². The van der Waals surface area contributed by atoms with Crippen LogP contribution in [0.2, 0.25) is 0 Å². The number of thiazole rings is 1. The molecular weight excluding hydrogens is 474 g/mol. The van der Waals surface area contributed by atoms with Crippen LogP contribution < -0.4 is 20.0 Å². The van der Waals surface area contributed by atoms with E-state index in [0.29, 0.717) is 17.9 Å². The minimum absolute atomic E-state index is 0.253. The van der Waals surface area contributed by atoms with Gasteiger partial charge in [-0.2, -0.15) is 4.98 Å². The van der Waals surface area contributed by atoms with Gasteiger partial charge in [0.15, 0.2) is 16.6 Å². The van der Waals surface area contributed by atoms with Crippen molar-refractivity contribution in [3.05, 3.63) is 30.0 Å². The van der Waals surface area contributed by atoms with E-state index in [4.69, 9.17) is 9.97 Å². The number of aromatic nitrogens is 3. The lowest BCUT2D eigenvalue weighted by Gasteiger charge is -2.29.